The van der Waals surface area contributed by atoms with Crippen LogP contribution in [0.15, 0.2) is 4.52 Å². The van der Waals surface area contributed by atoms with Gasteiger partial charge in [-0.25, -0.2) is 0 Å². The molecule has 2 heterocycles. The lowest BCUT2D eigenvalue weighted by atomic mass is 9.79. The minimum absolute atomic E-state index is 0.0885. The van der Waals surface area contributed by atoms with Gasteiger partial charge in [0.15, 0.2) is 5.82 Å². The monoisotopic (exact) mass is 280 g/mol. The maximum atomic E-state index is 5.74. The van der Waals surface area contributed by atoms with Gasteiger partial charge in [0.2, 0.25) is 5.89 Å². The largest absolute Gasteiger partial charge is 0.377 e. The first kappa shape index (κ1) is 14.0. The number of ether oxygens (including phenoxy) is 1. The van der Waals surface area contributed by atoms with Crippen molar-refractivity contribution < 1.29 is 9.26 Å². The van der Waals surface area contributed by atoms with Crippen LogP contribution in [0.25, 0.3) is 0 Å². The summed E-state index contributed by atoms with van der Waals surface area (Å²) < 4.78 is 11.1. The average Bonchev–Trinajstić information content (AvgIpc) is 2.82. The third-order valence-electron chi connectivity index (χ3n) is 4.77. The van der Waals surface area contributed by atoms with Gasteiger partial charge in [0.05, 0.1) is 5.60 Å². The summed E-state index contributed by atoms with van der Waals surface area (Å²) in [6, 6.07) is 0.193. The molecule has 1 aliphatic carbocycles. The predicted molar refractivity (Wildman–Crippen MR) is 74.4 cm³/mol. The molecule has 0 unspecified atom stereocenters. The highest BCUT2D eigenvalue weighted by Gasteiger charge is 2.40. The van der Waals surface area contributed by atoms with Crippen molar-refractivity contribution in [3.63, 3.8) is 0 Å². The van der Waals surface area contributed by atoms with E-state index in [0.717, 1.165) is 32.1 Å². The van der Waals surface area contributed by atoms with Crippen molar-refractivity contribution in [1.82, 2.24) is 19.9 Å². The van der Waals surface area contributed by atoms with Crippen LogP contribution in [-0.2, 0) is 4.74 Å². The Kier molecular flexibility index (Phi) is 3.79. The molecule has 1 atom stereocenters. The summed E-state index contributed by atoms with van der Waals surface area (Å²) in [7, 11) is 3.96. The summed E-state index contributed by atoms with van der Waals surface area (Å²) in [5.41, 5.74) is 0.0885. The molecule has 112 valence electrons. The van der Waals surface area contributed by atoms with Crippen LogP contribution in [0.5, 0.6) is 0 Å². The highest BCUT2D eigenvalue weighted by Crippen LogP contribution is 2.36. The van der Waals surface area contributed by atoms with E-state index < -0.39 is 0 Å². The third kappa shape index (κ3) is 2.60. The zero-order chi connectivity index (χ0) is 14.2. The van der Waals surface area contributed by atoms with Crippen molar-refractivity contribution in [3.05, 3.63) is 11.7 Å². The number of piperazine rings is 1. The molecule has 0 spiro atoms. The van der Waals surface area contributed by atoms with E-state index in [1.54, 1.807) is 0 Å². The van der Waals surface area contributed by atoms with Gasteiger partial charge < -0.3 is 9.26 Å². The van der Waals surface area contributed by atoms with Crippen LogP contribution in [0.2, 0.25) is 0 Å². The standard InChI is InChI=1S/C14H24N4O2/c1-11-15-13(20-16-11)12-9-18(8-7-17(12)2)10-14(19-3)5-4-6-14/h12H,4-10H2,1-3H3/t12-/m0/s1. The summed E-state index contributed by atoms with van der Waals surface area (Å²) in [4.78, 5) is 9.17. The summed E-state index contributed by atoms with van der Waals surface area (Å²) in [5.74, 6) is 1.44. The van der Waals surface area contributed by atoms with E-state index in [9.17, 15) is 0 Å². The highest BCUT2D eigenvalue weighted by molar-refractivity contribution is 4.99. The van der Waals surface area contributed by atoms with Crippen molar-refractivity contribution in [3.8, 4) is 0 Å². The lowest BCUT2D eigenvalue weighted by Crippen LogP contribution is -2.55. The molecule has 6 heteroatoms. The molecule has 3 rings (SSSR count). The number of likely N-dealkylation sites (N-methyl/N-ethyl adjacent to an activating group) is 1. The molecule has 0 radical (unpaired) electrons. The number of methoxy groups -OCH3 is 1. The Hall–Kier alpha value is -0.980. The molecule has 0 amide bonds. The highest BCUT2D eigenvalue weighted by atomic mass is 16.5. The van der Waals surface area contributed by atoms with E-state index in [4.69, 9.17) is 9.26 Å². The molecular weight excluding hydrogens is 256 g/mol. The number of nitrogens with zero attached hydrogens (tertiary/aromatic N) is 4. The molecule has 1 saturated heterocycles. The Morgan fingerprint density at radius 2 is 2.20 bits per heavy atom. The van der Waals surface area contributed by atoms with Gasteiger partial charge in [-0.3, -0.25) is 9.80 Å². The summed E-state index contributed by atoms with van der Waals surface area (Å²) in [6.45, 7) is 5.91. The molecule has 0 bridgehead atoms. The van der Waals surface area contributed by atoms with Crippen LogP contribution in [0.3, 0.4) is 0 Å². The fraction of sp³-hybridized carbons (Fsp3) is 0.857. The minimum atomic E-state index is 0.0885. The van der Waals surface area contributed by atoms with Crippen LogP contribution in [0, 0.1) is 6.92 Å². The van der Waals surface area contributed by atoms with Crippen LogP contribution < -0.4 is 0 Å². The minimum Gasteiger partial charge on any atom is -0.377 e. The van der Waals surface area contributed by atoms with E-state index in [1.165, 1.54) is 19.3 Å². The first-order chi connectivity index (χ1) is 9.62. The summed E-state index contributed by atoms with van der Waals surface area (Å²) in [6.07, 6.45) is 3.65. The van der Waals surface area contributed by atoms with Crippen LogP contribution in [-0.4, -0.2) is 65.9 Å². The van der Waals surface area contributed by atoms with Crippen LogP contribution in [0.4, 0.5) is 0 Å². The van der Waals surface area contributed by atoms with Gasteiger partial charge in [0.25, 0.3) is 0 Å². The molecule has 0 N–H and O–H groups in total. The van der Waals surface area contributed by atoms with Gasteiger partial charge in [-0.2, -0.15) is 4.98 Å². The molecular formula is C14H24N4O2. The smallest absolute Gasteiger partial charge is 0.245 e. The number of hydrogen-bond donors (Lipinski definition) is 0. The van der Waals surface area contributed by atoms with E-state index in [-0.39, 0.29) is 11.6 Å². The molecule has 6 nitrogen and oxygen atoms in total. The second-order valence-corrected chi connectivity index (χ2v) is 6.15. The Labute approximate surface area is 120 Å². The van der Waals surface area contributed by atoms with Gasteiger partial charge >= 0.3 is 0 Å². The van der Waals surface area contributed by atoms with Gasteiger partial charge in [0, 0.05) is 33.3 Å². The lowest BCUT2D eigenvalue weighted by Gasteiger charge is -2.46. The summed E-state index contributed by atoms with van der Waals surface area (Å²) >= 11 is 0. The first-order valence-electron chi connectivity index (χ1n) is 7.40. The maximum Gasteiger partial charge on any atom is 0.245 e. The third-order valence-corrected chi connectivity index (χ3v) is 4.77. The second kappa shape index (κ2) is 5.42. The number of hydrogen-bond acceptors (Lipinski definition) is 6. The summed E-state index contributed by atoms with van der Waals surface area (Å²) in [5, 5.41) is 3.91. The quantitative estimate of drug-likeness (QED) is 0.827. The number of aryl methyl sites for hydroxylation is 1. The van der Waals surface area contributed by atoms with E-state index in [2.05, 4.69) is 27.0 Å². The van der Waals surface area contributed by atoms with Crippen molar-refractivity contribution >= 4 is 0 Å². The maximum absolute atomic E-state index is 5.74. The lowest BCUT2D eigenvalue weighted by molar-refractivity contribution is -0.0999. The van der Waals surface area contributed by atoms with E-state index in [0.29, 0.717) is 5.82 Å². The Morgan fingerprint density at radius 1 is 1.40 bits per heavy atom. The van der Waals surface area contributed by atoms with Crippen molar-refractivity contribution in [2.24, 2.45) is 0 Å². The predicted octanol–water partition coefficient (Wildman–Crippen LogP) is 1.24. The van der Waals surface area contributed by atoms with Gasteiger partial charge in [0.1, 0.15) is 6.04 Å². The molecule has 0 aromatic carbocycles. The number of aromatic nitrogens is 2. The molecule has 1 aliphatic heterocycles. The van der Waals surface area contributed by atoms with Gasteiger partial charge in [-0.05, 0) is 33.2 Å². The molecule has 1 aromatic rings. The Balaban J connectivity index is 1.67. The topological polar surface area (TPSA) is 54.6 Å². The van der Waals surface area contributed by atoms with Crippen molar-refractivity contribution in [1.29, 1.82) is 0 Å². The average molecular weight is 280 g/mol. The normalized spacial score (nSPS) is 27.4. The number of rotatable bonds is 4. The van der Waals surface area contributed by atoms with Gasteiger partial charge in [-0.15, -0.1) is 0 Å². The second-order valence-electron chi connectivity index (χ2n) is 6.15. The SMILES string of the molecule is COC1(CN2CCN(C)[C@H](c3nc(C)no3)C2)CCC1. The molecule has 2 fully saturated rings. The molecule has 1 aromatic heterocycles. The Bertz CT molecular complexity index is 452. The zero-order valence-electron chi connectivity index (χ0n) is 12.6. The fourth-order valence-corrected chi connectivity index (χ4v) is 3.19. The van der Waals surface area contributed by atoms with Crippen molar-refractivity contribution in [2.45, 2.75) is 37.8 Å². The van der Waals surface area contributed by atoms with E-state index in [1.807, 2.05) is 14.0 Å². The van der Waals surface area contributed by atoms with Crippen LogP contribution >= 0.6 is 0 Å². The molecule has 20 heavy (non-hydrogen) atoms. The molecule has 2 aliphatic rings. The zero-order valence-corrected chi connectivity index (χ0v) is 12.6. The van der Waals surface area contributed by atoms with E-state index >= 15 is 0 Å². The first-order valence-corrected chi connectivity index (χ1v) is 7.40. The fourth-order valence-electron chi connectivity index (χ4n) is 3.19. The Morgan fingerprint density at radius 3 is 2.75 bits per heavy atom. The van der Waals surface area contributed by atoms with Crippen molar-refractivity contribution in [2.75, 3.05) is 40.3 Å². The van der Waals surface area contributed by atoms with Crippen LogP contribution in [0.1, 0.15) is 37.0 Å². The molecule has 1 saturated carbocycles. The van der Waals surface area contributed by atoms with Gasteiger partial charge in [-0.1, -0.05) is 5.16 Å².